The number of methoxy groups -OCH3 is 1. The van der Waals surface area contributed by atoms with Crippen molar-refractivity contribution < 1.29 is 13.5 Å². The number of ether oxygens (including phenoxy) is 1. The fraction of sp³-hybridized carbons (Fsp3) is 0.556. The third-order valence-corrected chi connectivity index (χ3v) is 4.77. The maximum atomic E-state index is 13.3. The molecule has 5 nitrogen and oxygen atoms in total. The molecule has 0 N–H and O–H groups in total. The molecule has 1 aliphatic heterocycles. The van der Waals surface area contributed by atoms with E-state index in [1.54, 1.807) is 26.2 Å². The first-order valence-electron chi connectivity index (χ1n) is 8.39. The fourth-order valence-electron chi connectivity index (χ4n) is 3.40. The Morgan fingerprint density at radius 2 is 2.25 bits per heavy atom. The van der Waals surface area contributed by atoms with Crippen molar-refractivity contribution in [1.82, 2.24) is 15.1 Å². The van der Waals surface area contributed by atoms with Crippen molar-refractivity contribution in [2.24, 2.45) is 0 Å². The van der Waals surface area contributed by atoms with Crippen LogP contribution < -0.4 is 0 Å². The molecule has 1 aromatic heterocycles. The van der Waals surface area contributed by atoms with Crippen molar-refractivity contribution in [3.8, 4) is 0 Å². The second-order valence-electron chi connectivity index (χ2n) is 6.48. The van der Waals surface area contributed by atoms with Crippen LogP contribution in [0.25, 0.3) is 0 Å². The summed E-state index contributed by atoms with van der Waals surface area (Å²) in [6, 6.07) is 7.20. The minimum absolute atomic E-state index is 0.0821. The minimum Gasteiger partial charge on any atom is -0.424 e. The molecular formula is C18H24FN3O2. The van der Waals surface area contributed by atoms with Gasteiger partial charge in [-0.2, -0.15) is 0 Å². The Hall–Kier alpha value is -1.79. The van der Waals surface area contributed by atoms with Gasteiger partial charge in [0, 0.05) is 26.6 Å². The van der Waals surface area contributed by atoms with E-state index in [0.29, 0.717) is 17.8 Å². The molecule has 0 bridgehead atoms. The molecule has 3 rings (SSSR count). The fourth-order valence-corrected chi connectivity index (χ4v) is 3.40. The van der Waals surface area contributed by atoms with E-state index in [9.17, 15) is 4.39 Å². The van der Waals surface area contributed by atoms with Gasteiger partial charge in [-0.05, 0) is 43.9 Å². The van der Waals surface area contributed by atoms with Crippen LogP contribution in [0.15, 0.2) is 28.7 Å². The number of nitrogens with zero attached hydrogens (tertiary/aromatic N) is 3. The van der Waals surface area contributed by atoms with Gasteiger partial charge in [0.15, 0.2) is 0 Å². The molecule has 0 spiro atoms. The number of aryl methyl sites for hydroxylation is 2. The highest BCUT2D eigenvalue weighted by Gasteiger charge is 2.38. The van der Waals surface area contributed by atoms with Crippen molar-refractivity contribution in [2.45, 2.75) is 51.3 Å². The normalized spacial score (nSPS) is 22.8. The summed E-state index contributed by atoms with van der Waals surface area (Å²) in [7, 11) is 1.74. The second kappa shape index (κ2) is 7.40. The lowest BCUT2D eigenvalue weighted by molar-refractivity contribution is 0.0995. The zero-order chi connectivity index (χ0) is 17.1. The van der Waals surface area contributed by atoms with Crippen molar-refractivity contribution in [3.05, 3.63) is 47.4 Å². The molecule has 1 aliphatic rings. The van der Waals surface area contributed by atoms with Gasteiger partial charge in [0.25, 0.3) is 0 Å². The molecule has 2 aromatic rings. The Balaban J connectivity index is 1.68. The average Bonchev–Trinajstić information content (AvgIpc) is 3.18. The van der Waals surface area contributed by atoms with E-state index in [0.717, 1.165) is 31.4 Å². The number of aromatic nitrogens is 2. The van der Waals surface area contributed by atoms with Gasteiger partial charge in [0.1, 0.15) is 5.82 Å². The summed E-state index contributed by atoms with van der Waals surface area (Å²) in [6.45, 7) is 4.83. The lowest BCUT2D eigenvalue weighted by atomic mass is 10.0. The van der Waals surface area contributed by atoms with Crippen molar-refractivity contribution in [1.29, 1.82) is 0 Å². The first-order chi connectivity index (χ1) is 11.6. The van der Waals surface area contributed by atoms with E-state index in [4.69, 9.17) is 9.15 Å². The average molecular weight is 333 g/mol. The molecular weight excluding hydrogens is 309 g/mol. The van der Waals surface area contributed by atoms with Gasteiger partial charge in [-0.15, -0.1) is 10.2 Å². The monoisotopic (exact) mass is 333 g/mol. The standard InChI is InChI=1S/C18H24FN3O2/c1-12(7-8-14-5-4-6-15(19)9-14)22-11-16(23-3)10-17(22)18-21-20-13(2)24-18/h4-6,9,12,16-17H,7-8,10-11H2,1-3H3/t12?,16-,17+/m0/s1. The molecule has 3 atom stereocenters. The number of rotatable bonds is 6. The molecule has 0 saturated carbocycles. The summed E-state index contributed by atoms with van der Waals surface area (Å²) in [5.41, 5.74) is 1.02. The summed E-state index contributed by atoms with van der Waals surface area (Å²) in [5.74, 6) is 1.06. The van der Waals surface area contributed by atoms with Crippen LogP contribution in [0.5, 0.6) is 0 Å². The van der Waals surface area contributed by atoms with E-state index >= 15 is 0 Å². The first kappa shape index (κ1) is 17.0. The van der Waals surface area contributed by atoms with Gasteiger partial charge >= 0.3 is 0 Å². The largest absolute Gasteiger partial charge is 0.424 e. The van der Waals surface area contributed by atoms with Crippen molar-refractivity contribution in [3.63, 3.8) is 0 Å². The summed E-state index contributed by atoms with van der Waals surface area (Å²) >= 11 is 0. The Kier molecular flexibility index (Phi) is 5.26. The molecule has 0 amide bonds. The van der Waals surface area contributed by atoms with Gasteiger partial charge in [0.2, 0.25) is 11.8 Å². The van der Waals surface area contributed by atoms with E-state index in [2.05, 4.69) is 22.0 Å². The summed E-state index contributed by atoms with van der Waals surface area (Å²) in [5, 5.41) is 8.15. The van der Waals surface area contributed by atoms with Crippen LogP contribution in [0.2, 0.25) is 0 Å². The number of benzene rings is 1. The topological polar surface area (TPSA) is 51.4 Å². The SMILES string of the molecule is CO[C@H]1C[C@H](c2nnc(C)o2)N(C(C)CCc2cccc(F)c2)C1. The van der Waals surface area contributed by atoms with E-state index in [1.165, 1.54) is 6.07 Å². The van der Waals surface area contributed by atoms with Crippen molar-refractivity contribution in [2.75, 3.05) is 13.7 Å². The third kappa shape index (κ3) is 3.82. The van der Waals surface area contributed by atoms with Gasteiger partial charge in [-0.3, -0.25) is 4.90 Å². The molecule has 1 unspecified atom stereocenters. The Morgan fingerprint density at radius 1 is 1.42 bits per heavy atom. The molecule has 24 heavy (non-hydrogen) atoms. The molecule has 1 fully saturated rings. The highest BCUT2D eigenvalue weighted by atomic mass is 19.1. The minimum atomic E-state index is -0.181. The molecule has 130 valence electrons. The van der Waals surface area contributed by atoms with Crippen molar-refractivity contribution >= 4 is 0 Å². The van der Waals surface area contributed by atoms with Gasteiger partial charge in [-0.1, -0.05) is 12.1 Å². The Labute approximate surface area is 141 Å². The van der Waals surface area contributed by atoms with E-state index < -0.39 is 0 Å². The summed E-state index contributed by atoms with van der Waals surface area (Å²) in [6.07, 6.45) is 2.79. The molecule has 0 radical (unpaired) electrons. The summed E-state index contributed by atoms with van der Waals surface area (Å²) in [4.78, 5) is 2.36. The summed E-state index contributed by atoms with van der Waals surface area (Å²) < 4.78 is 24.5. The number of hydrogen-bond donors (Lipinski definition) is 0. The van der Waals surface area contributed by atoms with E-state index in [1.807, 2.05) is 6.07 Å². The van der Waals surface area contributed by atoms with Crippen LogP contribution in [0.1, 0.15) is 43.2 Å². The molecule has 0 aliphatic carbocycles. The lowest BCUT2D eigenvalue weighted by Gasteiger charge is -2.28. The zero-order valence-corrected chi connectivity index (χ0v) is 14.4. The van der Waals surface area contributed by atoms with Crippen LogP contribution in [-0.2, 0) is 11.2 Å². The Morgan fingerprint density at radius 3 is 2.92 bits per heavy atom. The molecule has 6 heteroatoms. The lowest BCUT2D eigenvalue weighted by Crippen LogP contribution is -2.34. The highest BCUT2D eigenvalue weighted by molar-refractivity contribution is 5.16. The van der Waals surface area contributed by atoms with Crippen LogP contribution in [-0.4, -0.2) is 40.9 Å². The van der Waals surface area contributed by atoms with Gasteiger partial charge in [-0.25, -0.2) is 4.39 Å². The number of halogens is 1. The Bertz CT molecular complexity index is 676. The smallest absolute Gasteiger partial charge is 0.233 e. The number of hydrogen-bond acceptors (Lipinski definition) is 5. The van der Waals surface area contributed by atoms with Gasteiger partial charge < -0.3 is 9.15 Å². The maximum Gasteiger partial charge on any atom is 0.233 e. The highest BCUT2D eigenvalue weighted by Crippen LogP contribution is 2.35. The van der Waals surface area contributed by atoms with Crippen LogP contribution >= 0.6 is 0 Å². The zero-order valence-electron chi connectivity index (χ0n) is 14.4. The number of likely N-dealkylation sites (tertiary alicyclic amines) is 1. The van der Waals surface area contributed by atoms with Gasteiger partial charge in [0.05, 0.1) is 12.1 Å². The first-order valence-corrected chi connectivity index (χ1v) is 8.39. The molecule has 2 heterocycles. The second-order valence-corrected chi connectivity index (χ2v) is 6.48. The quantitative estimate of drug-likeness (QED) is 0.812. The van der Waals surface area contributed by atoms with Crippen LogP contribution in [0.4, 0.5) is 4.39 Å². The predicted molar refractivity (Wildman–Crippen MR) is 88.1 cm³/mol. The molecule has 1 aromatic carbocycles. The van der Waals surface area contributed by atoms with Crippen LogP contribution in [0, 0.1) is 12.7 Å². The maximum absolute atomic E-state index is 13.3. The van der Waals surface area contributed by atoms with Crippen LogP contribution in [0.3, 0.4) is 0 Å². The van der Waals surface area contributed by atoms with E-state index in [-0.39, 0.29) is 18.0 Å². The third-order valence-electron chi connectivity index (χ3n) is 4.77. The molecule has 1 saturated heterocycles. The predicted octanol–water partition coefficient (Wildman–Crippen LogP) is 3.30.